The second-order valence-corrected chi connectivity index (χ2v) is 5.65. The van der Waals surface area contributed by atoms with Crippen LogP contribution in [-0.2, 0) is 16.3 Å². The molecule has 118 valence electrons. The molecule has 0 N–H and O–H groups in total. The van der Waals surface area contributed by atoms with Crippen molar-refractivity contribution in [2.45, 2.75) is 11.1 Å². The van der Waals surface area contributed by atoms with Gasteiger partial charge in [0.1, 0.15) is 4.90 Å². The largest absolute Gasteiger partial charge is 0.420 e. The summed E-state index contributed by atoms with van der Waals surface area (Å²) in [7, 11) is -4.74. The molecule has 0 amide bonds. The predicted molar refractivity (Wildman–Crippen MR) is 65.6 cm³/mol. The summed E-state index contributed by atoms with van der Waals surface area (Å²) < 4.78 is 92.2. The molecular formula is C13H7F5O3S. The van der Waals surface area contributed by atoms with E-state index in [9.17, 15) is 30.4 Å². The van der Waals surface area contributed by atoms with Crippen LogP contribution in [0, 0.1) is 11.6 Å². The monoisotopic (exact) mass is 338 g/mol. The van der Waals surface area contributed by atoms with Crippen LogP contribution in [0.3, 0.4) is 0 Å². The fraction of sp³-hybridized carbons (Fsp3) is 0.0769. The van der Waals surface area contributed by atoms with Gasteiger partial charge in [-0.2, -0.15) is 21.6 Å². The van der Waals surface area contributed by atoms with Crippen molar-refractivity contribution in [1.29, 1.82) is 0 Å². The van der Waals surface area contributed by atoms with Crippen LogP contribution >= 0.6 is 0 Å². The summed E-state index contributed by atoms with van der Waals surface area (Å²) in [5.74, 6) is -3.72. The highest BCUT2D eigenvalue weighted by molar-refractivity contribution is 7.87. The van der Waals surface area contributed by atoms with Crippen molar-refractivity contribution >= 4 is 10.1 Å². The van der Waals surface area contributed by atoms with Gasteiger partial charge in [0.2, 0.25) is 0 Å². The van der Waals surface area contributed by atoms with Gasteiger partial charge in [-0.25, -0.2) is 8.78 Å². The maximum atomic E-state index is 13.0. The molecule has 0 aliphatic heterocycles. The highest BCUT2D eigenvalue weighted by Crippen LogP contribution is 2.37. The van der Waals surface area contributed by atoms with Crippen molar-refractivity contribution in [3.63, 3.8) is 0 Å². The van der Waals surface area contributed by atoms with E-state index in [1.165, 1.54) is 0 Å². The average Bonchev–Trinajstić information content (AvgIpc) is 2.40. The lowest BCUT2D eigenvalue weighted by Crippen LogP contribution is -2.14. The third kappa shape index (κ3) is 3.35. The van der Waals surface area contributed by atoms with Crippen LogP contribution in [0.25, 0.3) is 0 Å². The number of alkyl halides is 3. The summed E-state index contributed by atoms with van der Waals surface area (Å²) in [6, 6.07) is 5.17. The lowest BCUT2D eigenvalue weighted by molar-refractivity contribution is -0.138. The maximum absolute atomic E-state index is 13.0. The SMILES string of the molecule is O=S(=O)(Oc1ccccc1C(F)(F)F)c1ccc(F)c(F)c1. The second kappa shape index (κ2) is 5.56. The molecular weight excluding hydrogens is 331 g/mol. The van der Waals surface area contributed by atoms with E-state index in [0.717, 1.165) is 18.2 Å². The molecule has 0 radical (unpaired) electrons. The Morgan fingerprint density at radius 2 is 1.55 bits per heavy atom. The van der Waals surface area contributed by atoms with Crippen LogP contribution < -0.4 is 4.18 Å². The Labute approximate surface area is 122 Å². The standard InChI is InChI=1S/C13H7F5O3S/c14-10-6-5-8(7-11(10)15)22(19,20)21-12-4-2-1-3-9(12)13(16,17)18/h1-7H. The van der Waals surface area contributed by atoms with Crippen molar-refractivity contribution in [1.82, 2.24) is 0 Å². The number of hydrogen-bond donors (Lipinski definition) is 0. The van der Waals surface area contributed by atoms with E-state index in [4.69, 9.17) is 0 Å². The smallest absolute Gasteiger partial charge is 0.378 e. The Hall–Kier alpha value is -2.16. The Bertz CT molecular complexity index is 800. The molecule has 0 saturated heterocycles. The number of benzene rings is 2. The molecule has 0 aliphatic carbocycles. The summed E-state index contributed by atoms with van der Waals surface area (Å²) in [4.78, 5) is -0.802. The van der Waals surface area contributed by atoms with Crippen LogP contribution in [0.1, 0.15) is 5.56 Å². The van der Waals surface area contributed by atoms with E-state index in [1.807, 2.05) is 0 Å². The zero-order valence-corrected chi connectivity index (χ0v) is 11.4. The predicted octanol–water partition coefficient (Wildman–Crippen LogP) is 3.75. The van der Waals surface area contributed by atoms with Gasteiger partial charge in [-0.05, 0) is 30.3 Å². The molecule has 0 aliphatic rings. The topological polar surface area (TPSA) is 43.4 Å². The van der Waals surface area contributed by atoms with Crippen LogP contribution in [0.15, 0.2) is 47.4 Å². The van der Waals surface area contributed by atoms with Crippen LogP contribution in [0.4, 0.5) is 22.0 Å². The molecule has 0 atom stereocenters. The summed E-state index contributed by atoms with van der Waals surface area (Å²) in [5.41, 5.74) is -1.30. The third-order valence-corrected chi connectivity index (χ3v) is 3.80. The Kier molecular flexibility index (Phi) is 4.10. The van der Waals surface area contributed by atoms with Crippen molar-refractivity contribution < 1.29 is 34.6 Å². The van der Waals surface area contributed by atoms with E-state index >= 15 is 0 Å². The third-order valence-electron chi connectivity index (χ3n) is 2.57. The molecule has 0 heterocycles. The van der Waals surface area contributed by atoms with Crippen molar-refractivity contribution in [3.8, 4) is 5.75 Å². The van der Waals surface area contributed by atoms with Gasteiger partial charge in [0.25, 0.3) is 0 Å². The van der Waals surface area contributed by atoms with E-state index in [2.05, 4.69) is 4.18 Å². The Balaban J connectivity index is 2.44. The van der Waals surface area contributed by atoms with Gasteiger partial charge in [-0.15, -0.1) is 0 Å². The van der Waals surface area contributed by atoms with Crippen molar-refractivity contribution in [2.75, 3.05) is 0 Å². The Morgan fingerprint density at radius 3 is 2.14 bits per heavy atom. The summed E-state index contributed by atoms with van der Waals surface area (Å²) in [5, 5.41) is 0. The van der Waals surface area contributed by atoms with Crippen LogP contribution in [-0.4, -0.2) is 8.42 Å². The molecule has 0 saturated carbocycles. The lowest BCUT2D eigenvalue weighted by atomic mass is 10.2. The highest BCUT2D eigenvalue weighted by atomic mass is 32.2. The van der Waals surface area contributed by atoms with Gasteiger partial charge in [0, 0.05) is 0 Å². The minimum absolute atomic E-state index is 0.320. The van der Waals surface area contributed by atoms with E-state index in [1.54, 1.807) is 0 Å². The van der Waals surface area contributed by atoms with Crippen molar-refractivity contribution in [3.05, 3.63) is 59.7 Å². The average molecular weight is 338 g/mol. The number of hydrogen-bond acceptors (Lipinski definition) is 3. The quantitative estimate of drug-likeness (QED) is 0.632. The van der Waals surface area contributed by atoms with Gasteiger partial charge >= 0.3 is 16.3 Å². The number of rotatable bonds is 3. The molecule has 0 unspecified atom stereocenters. The molecule has 0 aromatic heterocycles. The van der Waals surface area contributed by atoms with Gasteiger partial charge in [0.15, 0.2) is 17.4 Å². The normalized spacial score (nSPS) is 12.2. The molecule has 2 aromatic rings. The summed E-state index contributed by atoms with van der Waals surface area (Å²) in [6.45, 7) is 0. The molecule has 3 nitrogen and oxygen atoms in total. The van der Waals surface area contributed by atoms with E-state index in [0.29, 0.717) is 24.3 Å². The fourth-order valence-corrected chi connectivity index (χ4v) is 2.53. The van der Waals surface area contributed by atoms with E-state index in [-0.39, 0.29) is 0 Å². The molecule has 9 heteroatoms. The second-order valence-electron chi connectivity index (χ2n) is 4.11. The molecule has 0 spiro atoms. The zero-order chi connectivity index (χ0) is 16.5. The zero-order valence-electron chi connectivity index (χ0n) is 10.6. The summed E-state index contributed by atoms with van der Waals surface area (Å²) >= 11 is 0. The van der Waals surface area contributed by atoms with Gasteiger partial charge < -0.3 is 4.18 Å². The maximum Gasteiger partial charge on any atom is 0.420 e. The Morgan fingerprint density at radius 1 is 0.909 bits per heavy atom. The van der Waals surface area contributed by atoms with Gasteiger partial charge in [-0.1, -0.05) is 12.1 Å². The molecule has 0 bridgehead atoms. The first kappa shape index (κ1) is 16.2. The summed E-state index contributed by atoms with van der Waals surface area (Å²) in [6.07, 6.45) is -4.83. The van der Waals surface area contributed by atoms with Crippen molar-refractivity contribution in [2.24, 2.45) is 0 Å². The van der Waals surface area contributed by atoms with Crippen LogP contribution in [0.5, 0.6) is 5.75 Å². The fourth-order valence-electron chi connectivity index (χ4n) is 1.57. The van der Waals surface area contributed by atoms with Crippen LogP contribution in [0.2, 0.25) is 0 Å². The minimum Gasteiger partial charge on any atom is -0.378 e. The number of para-hydroxylation sites is 1. The van der Waals surface area contributed by atoms with Gasteiger partial charge in [0.05, 0.1) is 5.56 Å². The first-order valence-electron chi connectivity index (χ1n) is 5.67. The molecule has 0 fully saturated rings. The molecule has 2 rings (SSSR count). The first-order valence-corrected chi connectivity index (χ1v) is 7.08. The number of halogens is 5. The molecule has 22 heavy (non-hydrogen) atoms. The van der Waals surface area contributed by atoms with E-state index < -0.39 is 44.1 Å². The minimum atomic E-state index is -4.83. The molecule has 2 aromatic carbocycles. The lowest BCUT2D eigenvalue weighted by Gasteiger charge is -2.13. The first-order chi connectivity index (χ1) is 10.1. The highest BCUT2D eigenvalue weighted by Gasteiger charge is 2.35. The van der Waals surface area contributed by atoms with Gasteiger partial charge in [-0.3, -0.25) is 0 Å².